The largest absolute Gasteiger partial charge is 0.375 e. The van der Waals surface area contributed by atoms with Crippen molar-refractivity contribution in [2.75, 3.05) is 19.7 Å². The Bertz CT molecular complexity index is 521. The van der Waals surface area contributed by atoms with E-state index >= 15 is 0 Å². The van der Waals surface area contributed by atoms with Gasteiger partial charge in [-0.2, -0.15) is 0 Å². The molecule has 0 bridgehead atoms. The topological polar surface area (TPSA) is 41.6 Å². The van der Waals surface area contributed by atoms with E-state index in [1.54, 1.807) is 18.2 Å². The first-order chi connectivity index (χ1) is 10.7. The number of halogens is 1. The SMILES string of the molecule is O=C(CN1CCOC2CCCCC21)NCc1ccccc1F. The Kier molecular flexibility index (Phi) is 5.05. The van der Waals surface area contributed by atoms with E-state index in [-0.39, 0.29) is 24.4 Å². The van der Waals surface area contributed by atoms with Crippen LogP contribution in [0.25, 0.3) is 0 Å². The minimum Gasteiger partial charge on any atom is -0.375 e. The molecule has 1 saturated heterocycles. The van der Waals surface area contributed by atoms with Crippen LogP contribution in [0.4, 0.5) is 4.39 Å². The number of hydrogen-bond acceptors (Lipinski definition) is 3. The Labute approximate surface area is 130 Å². The van der Waals surface area contributed by atoms with Crippen LogP contribution in [0.2, 0.25) is 0 Å². The van der Waals surface area contributed by atoms with Gasteiger partial charge in [-0.25, -0.2) is 4.39 Å². The number of carbonyl (C=O) groups is 1. The van der Waals surface area contributed by atoms with Crippen molar-refractivity contribution in [1.29, 1.82) is 0 Å². The molecular weight excluding hydrogens is 283 g/mol. The van der Waals surface area contributed by atoms with Gasteiger partial charge in [-0.05, 0) is 18.9 Å². The number of amides is 1. The Morgan fingerprint density at radius 2 is 2.14 bits per heavy atom. The van der Waals surface area contributed by atoms with Crippen LogP contribution in [0, 0.1) is 5.82 Å². The summed E-state index contributed by atoms with van der Waals surface area (Å²) >= 11 is 0. The van der Waals surface area contributed by atoms with Gasteiger partial charge in [-0.3, -0.25) is 9.69 Å². The number of fused-ring (bicyclic) bond motifs is 1. The summed E-state index contributed by atoms with van der Waals surface area (Å²) in [5, 5.41) is 2.82. The normalized spacial score (nSPS) is 25.5. The smallest absolute Gasteiger partial charge is 0.234 e. The molecule has 1 saturated carbocycles. The second-order valence-electron chi connectivity index (χ2n) is 6.10. The number of hydrogen-bond donors (Lipinski definition) is 1. The second-order valence-corrected chi connectivity index (χ2v) is 6.10. The molecule has 2 aliphatic rings. The minimum atomic E-state index is -0.276. The molecule has 1 aliphatic carbocycles. The van der Waals surface area contributed by atoms with Gasteiger partial charge in [-0.15, -0.1) is 0 Å². The van der Waals surface area contributed by atoms with Gasteiger partial charge in [0, 0.05) is 24.7 Å². The molecule has 2 unspecified atom stereocenters. The predicted octanol–water partition coefficient (Wildman–Crippen LogP) is 2.09. The standard InChI is InChI=1S/C17H23FN2O2/c18-14-6-2-1-5-13(14)11-19-17(21)12-20-9-10-22-16-8-4-3-7-15(16)20/h1-2,5-6,15-16H,3-4,7-12H2,(H,19,21). The van der Waals surface area contributed by atoms with Gasteiger partial charge >= 0.3 is 0 Å². The molecule has 1 amide bonds. The summed E-state index contributed by atoms with van der Waals surface area (Å²) in [7, 11) is 0. The number of nitrogens with zero attached hydrogens (tertiary/aromatic N) is 1. The number of nitrogens with one attached hydrogen (secondary N) is 1. The van der Waals surface area contributed by atoms with Crippen molar-refractivity contribution in [3.05, 3.63) is 35.6 Å². The first-order valence-corrected chi connectivity index (χ1v) is 8.10. The van der Waals surface area contributed by atoms with Crippen molar-refractivity contribution in [3.63, 3.8) is 0 Å². The lowest BCUT2D eigenvalue weighted by Crippen LogP contribution is -2.55. The van der Waals surface area contributed by atoms with Crippen LogP contribution >= 0.6 is 0 Å². The summed E-state index contributed by atoms with van der Waals surface area (Å²) in [6, 6.07) is 6.90. The third kappa shape index (κ3) is 3.65. The van der Waals surface area contributed by atoms with E-state index in [2.05, 4.69) is 10.2 Å². The Balaban J connectivity index is 1.51. The highest BCUT2D eigenvalue weighted by molar-refractivity contribution is 5.78. The van der Waals surface area contributed by atoms with Crippen molar-refractivity contribution in [3.8, 4) is 0 Å². The maximum absolute atomic E-state index is 13.5. The highest BCUT2D eigenvalue weighted by Gasteiger charge is 2.34. The molecule has 4 nitrogen and oxygen atoms in total. The number of benzene rings is 1. The van der Waals surface area contributed by atoms with Gasteiger partial charge in [0.2, 0.25) is 5.91 Å². The maximum Gasteiger partial charge on any atom is 0.234 e. The maximum atomic E-state index is 13.5. The van der Waals surface area contributed by atoms with Gasteiger partial charge in [0.05, 0.1) is 19.3 Å². The van der Waals surface area contributed by atoms with Gasteiger partial charge in [0.25, 0.3) is 0 Å². The van der Waals surface area contributed by atoms with Crippen LogP contribution in [0.1, 0.15) is 31.2 Å². The zero-order chi connectivity index (χ0) is 15.4. The number of carbonyl (C=O) groups excluding carboxylic acids is 1. The fourth-order valence-corrected chi connectivity index (χ4v) is 3.45. The van der Waals surface area contributed by atoms with Crippen LogP contribution in [-0.2, 0) is 16.1 Å². The molecule has 2 fully saturated rings. The van der Waals surface area contributed by atoms with Crippen LogP contribution < -0.4 is 5.32 Å². The van der Waals surface area contributed by atoms with E-state index in [0.29, 0.717) is 24.8 Å². The quantitative estimate of drug-likeness (QED) is 0.926. The van der Waals surface area contributed by atoms with Gasteiger partial charge in [0.1, 0.15) is 5.82 Å². The molecule has 1 heterocycles. The van der Waals surface area contributed by atoms with Crippen LogP contribution in [-0.4, -0.2) is 42.6 Å². The summed E-state index contributed by atoms with van der Waals surface area (Å²) in [6.45, 7) is 2.11. The first kappa shape index (κ1) is 15.4. The van der Waals surface area contributed by atoms with E-state index < -0.39 is 0 Å². The second kappa shape index (κ2) is 7.20. The lowest BCUT2D eigenvalue weighted by atomic mass is 9.90. The highest BCUT2D eigenvalue weighted by atomic mass is 19.1. The molecule has 0 aromatic heterocycles. The van der Waals surface area contributed by atoms with Crippen LogP contribution in [0.15, 0.2) is 24.3 Å². The predicted molar refractivity (Wildman–Crippen MR) is 81.8 cm³/mol. The Morgan fingerprint density at radius 3 is 3.00 bits per heavy atom. The lowest BCUT2D eigenvalue weighted by Gasteiger charge is -2.43. The molecule has 120 valence electrons. The fraction of sp³-hybridized carbons (Fsp3) is 0.588. The summed E-state index contributed by atoms with van der Waals surface area (Å²) in [4.78, 5) is 14.4. The van der Waals surface area contributed by atoms with E-state index in [4.69, 9.17) is 4.74 Å². The van der Waals surface area contributed by atoms with E-state index in [0.717, 1.165) is 19.4 Å². The summed E-state index contributed by atoms with van der Waals surface area (Å²) in [5.74, 6) is -0.323. The van der Waals surface area contributed by atoms with Gasteiger partial charge < -0.3 is 10.1 Å². The van der Waals surface area contributed by atoms with E-state index in [1.807, 2.05) is 0 Å². The minimum absolute atomic E-state index is 0.0468. The number of rotatable bonds is 4. The molecule has 0 radical (unpaired) electrons. The molecule has 1 aromatic rings. The molecular formula is C17H23FN2O2. The molecule has 1 aliphatic heterocycles. The van der Waals surface area contributed by atoms with Crippen molar-refractivity contribution >= 4 is 5.91 Å². The van der Waals surface area contributed by atoms with Crippen molar-refractivity contribution < 1.29 is 13.9 Å². The number of ether oxygens (including phenoxy) is 1. The molecule has 1 aromatic carbocycles. The molecule has 1 N–H and O–H groups in total. The molecule has 0 spiro atoms. The zero-order valence-corrected chi connectivity index (χ0v) is 12.8. The van der Waals surface area contributed by atoms with Crippen molar-refractivity contribution in [1.82, 2.24) is 10.2 Å². The monoisotopic (exact) mass is 306 g/mol. The van der Waals surface area contributed by atoms with Gasteiger partial charge in [0.15, 0.2) is 0 Å². The van der Waals surface area contributed by atoms with Crippen molar-refractivity contribution in [2.24, 2.45) is 0 Å². The third-order valence-corrected chi connectivity index (χ3v) is 4.63. The molecule has 22 heavy (non-hydrogen) atoms. The first-order valence-electron chi connectivity index (χ1n) is 8.10. The molecule has 3 rings (SSSR count). The van der Waals surface area contributed by atoms with Crippen molar-refractivity contribution in [2.45, 2.75) is 44.4 Å². The lowest BCUT2D eigenvalue weighted by molar-refractivity contribution is -0.129. The van der Waals surface area contributed by atoms with E-state index in [1.165, 1.54) is 18.9 Å². The van der Waals surface area contributed by atoms with Crippen LogP contribution in [0.5, 0.6) is 0 Å². The fourth-order valence-electron chi connectivity index (χ4n) is 3.45. The van der Waals surface area contributed by atoms with E-state index in [9.17, 15) is 9.18 Å². The molecule has 5 heteroatoms. The highest BCUT2D eigenvalue weighted by Crippen LogP contribution is 2.28. The molecule has 2 atom stereocenters. The Morgan fingerprint density at radius 1 is 1.32 bits per heavy atom. The summed E-state index contributed by atoms with van der Waals surface area (Å²) in [6.07, 6.45) is 4.90. The Hall–Kier alpha value is -1.46. The zero-order valence-electron chi connectivity index (χ0n) is 12.8. The average molecular weight is 306 g/mol. The third-order valence-electron chi connectivity index (χ3n) is 4.63. The number of morpholine rings is 1. The summed E-state index contributed by atoms with van der Waals surface area (Å²) < 4.78 is 19.4. The summed E-state index contributed by atoms with van der Waals surface area (Å²) in [5.41, 5.74) is 0.522. The van der Waals surface area contributed by atoms with Gasteiger partial charge in [-0.1, -0.05) is 31.0 Å². The van der Waals surface area contributed by atoms with Crippen LogP contribution in [0.3, 0.4) is 0 Å². The average Bonchev–Trinajstić information content (AvgIpc) is 2.54.